The van der Waals surface area contributed by atoms with Gasteiger partial charge in [-0.1, -0.05) is 54.6 Å². The Hall–Kier alpha value is -2.08. The van der Waals surface area contributed by atoms with Crippen LogP contribution in [0.1, 0.15) is 0 Å². The lowest BCUT2D eigenvalue weighted by molar-refractivity contribution is 0.470. The summed E-state index contributed by atoms with van der Waals surface area (Å²) in [4.78, 5) is 4.08. The highest BCUT2D eigenvalue weighted by Crippen LogP contribution is 2.30. The zero-order valence-corrected chi connectivity index (χ0v) is 14.8. The number of hydrogen-bond donors (Lipinski definition) is 0. The first-order valence-electron chi connectivity index (χ1n) is 7.25. The minimum Gasteiger partial charge on any atom is -0.748 e. The van der Waals surface area contributed by atoms with E-state index in [1.54, 1.807) is 0 Å². The van der Waals surface area contributed by atoms with E-state index in [-0.39, 0.29) is 10.9 Å². The first kappa shape index (κ1) is 18.3. The summed E-state index contributed by atoms with van der Waals surface area (Å²) in [6.45, 7) is 0. The van der Waals surface area contributed by atoms with Gasteiger partial charge in [0, 0.05) is 6.26 Å². The third-order valence-electron chi connectivity index (χ3n) is 2.94. The molecule has 0 spiro atoms. The molecule has 0 unspecified atom stereocenters. The highest BCUT2D eigenvalue weighted by molar-refractivity contribution is 7.97. The van der Waals surface area contributed by atoms with Crippen molar-refractivity contribution in [1.29, 1.82) is 0 Å². The van der Waals surface area contributed by atoms with Crippen molar-refractivity contribution >= 4 is 21.0 Å². The molecule has 3 nitrogen and oxygen atoms in total. The van der Waals surface area contributed by atoms with Crippen molar-refractivity contribution in [3.8, 4) is 0 Å². The minimum absolute atomic E-state index is 0.0146. The monoisotopic (exact) mass is 358 g/mol. The SMILES string of the molecule is CS(=O)(=O)[O-].c1ccc([S+](c2ccccc2)c2ccccc2)cc1. The van der Waals surface area contributed by atoms with Crippen molar-refractivity contribution < 1.29 is 13.0 Å². The smallest absolute Gasteiger partial charge is 0.166 e. The molecule has 0 bridgehead atoms. The van der Waals surface area contributed by atoms with Crippen LogP contribution in [0.4, 0.5) is 0 Å². The van der Waals surface area contributed by atoms with Gasteiger partial charge in [-0.05, 0) is 36.4 Å². The molecule has 0 aliphatic heterocycles. The molecule has 0 aliphatic rings. The van der Waals surface area contributed by atoms with Crippen LogP contribution >= 0.6 is 0 Å². The molecule has 124 valence electrons. The van der Waals surface area contributed by atoms with Crippen molar-refractivity contribution in [2.45, 2.75) is 14.7 Å². The first-order valence-corrected chi connectivity index (χ1v) is 10.3. The lowest BCUT2D eigenvalue weighted by Crippen LogP contribution is -2.04. The third kappa shape index (κ3) is 6.20. The molecule has 0 aliphatic carbocycles. The predicted octanol–water partition coefficient (Wildman–Crippen LogP) is 3.94. The van der Waals surface area contributed by atoms with Crippen LogP contribution in [0.5, 0.6) is 0 Å². The van der Waals surface area contributed by atoms with Crippen molar-refractivity contribution in [2.75, 3.05) is 6.26 Å². The molecule has 0 fully saturated rings. The first-order chi connectivity index (χ1) is 11.4. The fourth-order valence-electron chi connectivity index (χ4n) is 2.08. The molecule has 0 heterocycles. The normalized spacial score (nSPS) is 10.8. The summed E-state index contributed by atoms with van der Waals surface area (Å²) in [5.74, 6) is 0. The molecule has 3 rings (SSSR count). The Morgan fingerprint density at radius 2 is 0.833 bits per heavy atom. The standard InChI is InChI=1S/C18H15S.CH4O3S/c1-4-10-16(11-5-1)19(17-12-6-2-7-13-17)18-14-8-3-9-15-18;1-5(2,3)4/h1-15H;1H3,(H,2,3,4)/q+1;/p-1. The van der Waals surface area contributed by atoms with E-state index in [0.717, 1.165) is 0 Å². The quantitative estimate of drug-likeness (QED) is 0.526. The van der Waals surface area contributed by atoms with Gasteiger partial charge in [-0.3, -0.25) is 0 Å². The maximum absolute atomic E-state index is 9.08. The Morgan fingerprint density at radius 3 is 1.04 bits per heavy atom. The molecular formula is C19H18O3S2. The summed E-state index contributed by atoms with van der Waals surface area (Å²) >= 11 is 0. The zero-order chi connectivity index (χ0) is 17.4. The highest BCUT2D eigenvalue weighted by atomic mass is 32.2. The molecule has 0 N–H and O–H groups in total. The van der Waals surface area contributed by atoms with E-state index in [0.29, 0.717) is 6.26 Å². The molecule has 3 aromatic rings. The van der Waals surface area contributed by atoms with Gasteiger partial charge in [-0.15, -0.1) is 0 Å². The van der Waals surface area contributed by atoms with Gasteiger partial charge in [0.15, 0.2) is 14.7 Å². The molecule has 5 heteroatoms. The Labute approximate surface area is 146 Å². The van der Waals surface area contributed by atoms with E-state index < -0.39 is 10.1 Å². The predicted molar refractivity (Wildman–Crippen MR) is 97.1 cm³/mol. The molecule has 3 aromatic carbocycles. The molecule has 24 heavy (non-hydrogen) atoms. The van der Waals surface area contributed by atoms with Gasteiger partial charge in [0.2, 0.25) is 0 Å². The highest BCUT2D eigenvalue weighted by Gasteiger charge is 2.27. The van der Waals surface area contributed by atoms with Crippen LogP contribution < -0.4 is 0 Å². The summed E-state index contributed by atoms with van der Waals surface area (Å²) in [5.41, 5.74) is 0. The number of benzene rings is 3. The lowest BCUT2D eigenvalue weighted by Gasteiger charge is -2.07. The van der Waals surface area contributed by atoms with E-state index in [1.165, 1.54) is 14.7 Å². The minimum atomic E-state index is -3.92. The second-order valence-electron chi connectivity index (χ2n) is 4.95. The van der Waals surface area contributed by atoms with Crippen molar-refractivity contribution in [3.63, 3.8) is 0 Å². The molecule has 0 atom stereocenters. The average Bonchev–Trinajstić information content (AvgIpc) is 2.57. The maximum Gasteiger partial charge on any atom is 0.166 e. The lowest BCUT2D eigenvalue weighted by atomic mass is 10.4. The van der Waals surface area contributed by atoms with Crippen LogP contribution in [0.25, 0.3) is 0 Å². The molecule has 0 radical (unpaired) electrons. The van der Waals surface area contributed by atoms with E-state index in [2.05, 4.69) is 91.0 Å². The van der Waals surface area contributed by atoms with E-state index in [4.69, 9.17) is 13.0 Å². The Bertz CT molecular complexity index is 732. The van der Waals surface area contributed by atoms with E-state index in [9.17, 15) is 0 Å². The fraction of sp³-hybridized carbons (Fsp3) is 0.0526. The van der Waals surface area contributed by atoms with Gasteiger partial charge < -0.3 is 4.55 Å². The maximum atomic E-state index is 9.08. The van der Waals surface area contributed by atoms with Crippen LogP contribution in [-0.2, 0) is 21.0 Å². The van der Waals surface area contributed by atoms with Crippen LogP contribution in [0.15, 0.2) is 106 Å². The van der Waals surface area contributed by atoms with E-state index >= 15 is 0 Å². The molecule has 0 saturated carbocycles. The number of hydrogen-bond acceptors (Lipinski definition) is 3. The van der Waals surface area contributed by atoms with Gasteiger partial charge >= 0.3 is 0 Å². The molecular weight excluding hydrogens is 340 g/mol. The van der Waals surface area contributed by atoms with Crippen molar-refractivity contribution in [2.24, 2.45) is 0 Å². The zero-order valence-electron chi connectivity index (χ0n) is 13.2. The third-order valence-corrected chi connectivity index (χ3v) is 5.17. The second-order valence-corrected chi connectivity index (χ2v) is 8.38. The summed E-state index contributed by atoms with van der Waals surface area (Å²) in [5, 5.41) is 0. The van der Waals surface area contributed by atoms with Gasteiger partial charge in [0.25, 0.3) is 0 Å². The van der Waals surface area contributed by atoms with Gasteiger partial charge in [-0.2, -0.15) is 0 Å². The van der Waals surface area contributed by atoms with Crippen LogP contribution in [0, 0.1) is 0 Å². The summed E-state index contributed by atoms with van der Waals surface area (Å²) in [6, 6.07) is 32.2. The van der Waals surface area contributed by atoms with Crippen molar-refractivity contribution in [3.05, 3.63) is 91.0 Å². The molecule has 0 saturated heterocycles. The molecule has 0 aromatic heterocycles. The van der Waals surface area contributed by atoms with Crippen LogP contribution in [-0.4, -0.2) is 19.2 Å². The summed E-state index contributed by atoms with van der Waals surface area (Å²) in [6.07, 6.45) is 0.604. The summed E-state index contributed by atoms with van der Waals surface area (Å²) < 4.78 is 27.2. The van der Waals surface area contributed by atoms with Crippen LogP contribution in [0.3, 0.4) is 0 Å². The number of rotatable bonds is 3. The van der Waals surface area contributed by atoms with Gasteiger partial charge in [-0.25, -0.2) is 8.42 Å². The Balaban J connectivity index is 0.000000368. The van der Waals surface area contributed by atoms with Crippen LogP contribution in [0.2, 0.25) is 0 Å². The largest absolute Gasteiger partial charge is 0.748 e. The van der Waals surface area contributed by atoms with Crippen molar-refractivity contribution in [1.82, 2.24) is 0 Å². The van der Waals surface area contributed by atoms with E-state index in [1.807, 2.05) is 0 Å². The topological polar surface area (TPSA) is 57.2 Å². The second kappa shape index (κ2) is 8.68. The molecule has 0 amide bonds. The fourth-order valence-corrected chi connectivity index (χ4v) is 4.18. The summed E-state index contributed by atoms with van der Waals surface area (Å²) in [7, 11) is -3.93. The Morgan fingerprint density at radius 1 is 0.625 bits per heavy atom. The average molecular weight is 358 g/mol. The Kier molecular flexibility index (Phi) is 6.61. The van der Waals surface area contributed by atoms with Gasteiger partial charge in [0.1, 0.15) is 0 Å². The van der Waals surface area contributed by atoms with Gasteiger partial charge in [0.05, 0.1) is 21.0 Å².